The molecule has 3 heterocycles. The van der Waals surface area contributed by atoms with E-state index in [1.807, 2.05) is 4.57 Å². The summed E-state index contributed by atoms with van der Waals surface area (Å²) in [6.07, 6.45) is 4.07. The Kier molecular flexibility index (Phi) is 3.87. The second kappa shape index (κ2) is 5.72. The minimum atomic E-state index is -0.357. The van der Waals surface area contributed by atoms with Crippen molar-refractivity contribution < 1.29 is 0 Å². The monoisotopic (exact) mass is 317 g/mol. The van der Waals surface area contributed by atoms with E-state index in [2.05, 4.69) is 23.4 Å². The maximum atomic E-state index is 12.6. The quantitative estimate of drug-likeness (QED) is 0.788. The first-order chi connectivity index (χ1) is 11.0. The number of nitrogens with zero attached hydrogens (tertiary/aromatic N) is 5. The number of hydrogen-bond donors (Lipinski definition) is 0. The largest absolute Gasteiger partial charge is 0.342 e. The van der Waals surface area contributed by atoms with Crippen molar-refractivity contribution in [2.45, 2.75) is 26.3 Å². The molecule has 0 radical (unpaired) electrons. The van der Waals surface area contributed by atoms with E-state index in [1.165, 1.54) is 18.0 Å². The normalized spacial score (nSPS) is 18.6. The summed E-state index contributed by atoms with van der Waals surface area (Å²) in [6.45, 7) is 8.33. The highest BCUT2D eigenvalue weighted by Gasteiger charge is 2.25. The van der Waals surface area contributed by atoms with Gasteiger partial charge in [0.15, 0.2) is 11.2 Å². The fourth-order valence-electron chi connectivity index (χ4n) is 3.35. The first kappa shape index (κ1) is 15.6. The smallest absolute Gasteiger partial charge is 0.332 e. The van der Waals surface area contributed by atoms with Crippen LogP contribution in [0.25, 0.3) is 11.2 Å². The Labute approximate surface area is 134 Å². The van der Waals surface area contributed by atoms with E-state index in [4.69, 9.17) is 0 Å². The summed E-state index contributed by atoms with van der Waals surface area (Å²) < 4.78 is 4.45. The molecule has 0 unspecified atom stereocenters. The molecule has 23 heavy (non-hydrogen) atoms. The summed E-state index contributed by atoms with van der Waals surface area (Å²) in [5.74, 6) is 1.34. The maximum Gasteiger partial charge on any atom is 0.332 e. The van der Waals surface area contributed by atoms with Gasteiger partial charge in [-0.25, -0.2) is 4.79 Å². The number of imidazole rings is 1. The van der Waals surface area contributed by atoms with E-state index < -0.39 is 0 Å². The molecule has 0 spiro atoms. The van der Waals surface area contributed by atoms with Crippen LogP contribution in [0.3, 0.4) is 0 Å². The standard InChI is InChI=1S/C16H23N5O2/c1-5-8-21-12-13(18(3)16(23)19(4)14(12)22)17-15(21)20-9-6-7-11(2)10-20/h5,11H,1,6-10H2,2-4H3/t11-/m1/s1. The molecule has 0 saturated carbocycles. The van der Waals surface area contributed by atoms with Crippen LogP contribution < -0.4 is 16.1 Å². The van der Waals surface area contributed by atoms with Gasteiger partial charge in [0.2, 0.25) is 5.95 Å². The van der Waals surface area contributed by atoms with Crippen LogP contribution in [-0.4, -0.2) is 31.8 Å². The number of fused-ring (bicyclic) bond motifs is 1. The Morgan fingerprint density at radius 3 is 2.70 bits per heavy atom. The molecule has 1 atom stereocenters. The van der Waals surface area contributed by atoms with E-state index in [1.54, 1.807) is 13.1 Å². The summed E-state index contributed by atoms with van der Waals surface area (Å²) in [5.41, 5.74) is 0.231. The molecule has 3 rings (SSSR count). The fraction of sp³-hybridized carbons (Fsp3) is 0.562. The third-order valence-electron chi connectivity index (χ3n) is 4.58. The van der Waals surface area contributed by atoms with Gasteiger partial charge in [0.1, 0.15) is 0 Å². The van der Waals surface area contributed by atoms with E-state index in [9.17, 15) is 9.59 Å². The van der Waals surface area contributed by atoms with Crippen LogP contribution in [0.5, 0.6) is 0 Å². The molecule has 0 N–H and O–H groups in total. The zero-order chi connectivity index (χ0) is 16.7. The Morgan fingerprint density at radius 2 is 2.04 bits per heavy atom. The molecule has 0 amide bonds. The number of allylic oxidation sites excluding steroid dienone is 1. The van der Waals surface area contributed by atoms with Crippen molar-refractivity contribution in [3.8, 4) is 0 Å². The number of anilines is 1. The summed E-state index contributed by atoms with van der Waals surface area (Å²) >= 11 is 0. The van der Waals surface area contributed by atoms with Gasteiger partial charge in [-0.1, -0.05) is 13.0 Å². The number of aryl methyl sites for hydroxylation is 1. The Hall–Kier alpha value is -2.31. The van der Waals surface area contributed by atoms with Gasteiger partial charge in [0.05, 0.1) is 0 Å². The third-order valence-corrected chi connectivity index (χ3v) is 4.58. The molecule has 0 aliphatic carbocycles. The van der Waals surface area contributed by atoms with Crippen LogP contribution in [0.1, 0.15) is 19.8 Å². The van der Waals surface area contributed by atoms with Crippen LogP contribution in [-0.2, 0) is 20.6 Å². The van der Waals surface area contributed by atoms with Gasteiger partial charge in [0, 0.05) is 33.7 Å². The summed E-state index contributed by atoms with van der Waals surface area (Å²) in [4.78, 5) is 31.6. The lowest BCUT2D eigenvalue weighted by atomic mass is 10.0. The fourth-order valence-corrected chi connectivity index (χ4v) is 3.35. The number of hydrogen-bond acceptors (Lipinski definition) is 4. The molecular formula is C16H23N5O2. The molecule has 1 fully saturated rings. The van der Waals surface area contributed by atoms with E-state index >= 15 is 0 Å². The highest BCUT2D eigenvalue weighted by Crippen LogP contribution is 2.25. The minimum absolute atomic E-state index is 0.311. The summed E-state index contributed by atoms with van der Waals surface area (Å²) in [7, 11) is 3.15. The lowest BCUT2D eigenvalue weighted by molar-refractivity contribution is 0.439. The first-order valence-corrected chi connectivity index (χ1v) is 7.97. The van der Waals surface area contributed by atoms with Gasteiger partial charge in [0.25, 0.3) is 5.56 Å². The Balaban J connectivity index is 2.30. The lowest BCUT2D eigenvalue weighted by Gasteiger charge is -2.31. The van der Waals surface area contributed by atoms with Crippen molar-refractivity contribution in [2.24, 2.45) is 20.0 Å². The predicted molar refractivity (Wildman–Crippen MR) is 91.0 cm³/mol. The van der Waals surface area contributed by atoms with E-state index in [-0.39, 0.29) is 11.2 Å². The molecule has 124 valence electrons. The number of rotatable bonds is 3. The number of aromatic nitrogens is 4. The molecule has 7 nitrogen and oxygen atoms in total. The maximum absolute atomic E-state index is 12.6. The number of piperidine rings is 1. The van der Waals surface area contributed by atoms with E-state index in [0.29, 0.717) is 23.6 Å². The topological polar surface area (TPSA) is 65.1 Å². The van der Waals surface area contributed by atoms with Crippen LogP contribution in [0, 0.1) is 5.92 Å². The highest BCUT2D eigenvalue weighted by atomic mass is 16.2. The molecule has 1 saturated heterocycles. The SMILES string of the molecule is C=CCn1c(N2CCC[C@@H](C)C2)nc2c1c(=O)n(C)c(=O)n2C. The van der Waals surface area contributed by atoms with Crippen LogP contribution in [0.4, 0.5) is 5.95 Å². The third kappa shape index (κ3) is 2.40. The lowest BCUT2D eigenvalue weighted by Crippen LogP contribution is -2.38. The van der Waals surface area contributed by atoms with Gasteiger partial charge in [-0.05, 0) is 18.8 Å². The van der Waals surface area contributed by atoms with Gasteiger partial charge < -0.3 is 9.47 Å². The van der Waals surface area contributed by atoms with Gasteiger partial charge in [-0.15, -0.1) is 6.58 Å². The Morgan fingerprint density at radius 1 is 1.30 bits per heavy atom. The molecule has 0 aromatic carbocycles. The summed E-state index contributed by atoms with van der Waals surface area (Å²) in [5, 5.41) is 0. The van der Waals surface area contributed by atoms with Crippen molar-refractivity contribution in [3.05, 3.63) is 33.5 Å². The van der Waals surface area contributed by atoms with Crippen LogP contribution in [0.2, 0.25) is 0 Å². The average Bonchev–Trinajstić information content (AvgIpc) is 2.91. The molecular weight excluding hydrogens is 294 g/mol. The molecule has 0 bridgehead atoms. The molecule has 1 aliphatic rings. The van der Waals surface area contributed by atoms with Crippen molar-refractivity contribution in [3.63, 3.8) is 0 Å². The molecule has 7 heteroatoms. The van der Waals surface area contributed by atoms with Crippen molar-refractivity contribution in [1.82, 2.24) is 18.7 Å². The minimum Gasteiger partial charge on any atom is -0.342 e. The van der Waals surface area contributed by atoms with Crippen molar-refractivity contribution in [2.75, 3.05) is 18.0 Å². The molecule has 1 aliphatic heterocycles. The highest BCUT2D eigenvalue weighted by molar-refractivity contribution is 5.74. The summed E-state index contributed by atoms with van der Waals surface area (Å²) in [6, 6.07) is 0. The molecule has 2 aromatic heterocycles. The predicted octanol–water partition coefficient (Wildman–Crippen LogP) is 0.856. The second-order valence-electron chi connectivity index (χ2n) is 6.38. The van der Waals surface area contributed by atoms with Crippen molar-refractivity contribution >= 4 is 17.1 Å². The van der Waals surface area contributed by atoms with Crippen LogP contribution in [0.15, 0.2) is 22.2 Å². The van der Waals surface area contributed by atoms with E-state index in [0.717, 1.165) is 30.0 Å². The van der Waals surface area contributed by atoms with Gasteiger partial charge >= 0.3 is 5.69 Å². The Bertz CT molecular complexity index is 873. The van der Waals surface area contributed by atoms with Gasteiger partial charge in [-0.2, -0.15) is 4.98 Å². The van der Waals surface area contributed by atoms with Gasteiger partial charge in [-0.3, -0.25) is 13.9 Å². The molecule has 2 aromatic rings. The zero-order valence-corrected chi connectivity index (χ0v) is 13.9. The first-order valence-electron chi connectivity index (χ1n) is 7.97. The average molecular weight is 317 g/mol. The van der Waals surface area contributed by atoms with Crippen molar-refractivity contribution in [1.29, 1.82) is 0 Å². The second-order valence-corrected chi connectivity index (χ2v) is 6.38. The van der Waals surface area contributed by atoms with Crippen LogP contribution >= 0.6 is 0 Å². The zero-order valence-electron chi connectivity index (χ0n) is 13.9.